The molecule has 0 amide bonds. The number of ketones is 1. The van der Waals surface area contributed by atoms with Gasteiger partial charge in [-0.2, -0.15) is 5.10 Å². The van der Waals surface area contributed by atoms with Gasteiger partial charge in [-0.05, 0) is 20.3 Å². The molecule has 0 saturated heterocycles. The highest BCUT2D eigenvalue weighted by atomic mass is 35.5. The van der Waals surface area contributed by atoms with Crippen molar-refractivity contribution >= 4 is 27.2 Å². The Morgan fingerprint density at radius 1 is 1.53 bits per heavy atom. The summed E-state index contributed by atoms with van der Waals surface area (Å²) < 4.78 is 23.6. The number of halogens is 1. The highest BCUT2D eigenvalue weighted by molar-refractivity contribution is 7.90. The Morgan fingerprint density at radius 3 is 2.58 bits per heavy atom. The Morgan fingerprint density at radius 2 is 2.11 bits per heavy atom. The Hall–Kier alpha value is -0.920. The fraction of sp³-hybridized carbons (Fsp3) is 0.636. The fourth-order valence-electron chi connectivity index (χ4n) is 1.61. The lowest BCUT2D eigenvalue weighted by Crippen LogP contribution is -2.34. The largest absolute Gasteiger partial charge is 0.321 e. The van der Waals surface area contributed by atoms with E-state index in [4.69, 9.17) is 17.3 Å². The predicted octanol–water partition coefficient (Wildman–Crippen LogP) is 1.06. The highest BCUT2D eigenvalue weighted by Crippen LogP contribution is 2.20. The van der Waals surface area contributed by atoms with Gasteiger partial charge in [-0.15, -0.1) is 0 Å². The third kappa shape index (κ3) is 4.29. The summed E-state index contributed by atoms with van der Waals surface area (Å²) in [5.74, 6) is -0.521. The molecule has 1 atom stereocenters. The maximum absolute atomic E-state index is 12.2. The molecule has 0 aliphatic heterocycles. The summed E-state index contributed by atoms with van der Waals surface area (Å²) in [5, 5.41) is 4.25. The van der Waals surface area contributed by atoms with Crippen LogP contribution in [0.4, 0.5) is 0 Å². The van der Waals surface area contributed by atoms with E-state index in [-0.39, 0.29) is 34.7 Å². The first-order chi connectivity index (χ1) is 8.63. The SMILES string of the molecule is CC(C)n1ncc(Cl)c1C(=O)C(N)CCS(C)(=O)=O. The molecule has 0 aromatic carbocycles. The molecular formula is C11H18ClN3O3S. The number of Topliss-reactive ketones (excluding diaryl/α,β-unsaturated/α-hetero) is 1. The molecule has 1 aromatic heterocycles. The second-order valence-corrected chi connectivity index (χ2v) is 7.44. The molecule has 0 aliphatic carbocycles. The van der Waals surface area contributed by atoms with Crippen molar-refractivity contribution in [2.24, 2.45) is 5.73 Å². The van der Waals surface area contributed by atoms with Crippen molar-refractivity contribution in [2.75, 3.05) is 12.0 Å². The van der Waals surface area contributed by atoms with Crippen LogP contribution in [0.1, 0.15) is 36.8 Å². The lowest BCUT2D eigenvalue weighted by molar-refractivity contribution is 0.0947. The first-order valence-electron chi connectivity index (χ1n) is 5.84. The summed E-state index contributed by atoms with van der Waals surface area (Å²) in [6.45, 7) is 3.73. The number of carbonyl (C=O) groups excluding carboxylic acids is 1. The van der Waals surface area contributed by atoms with Crippen molar-refractivity contribution in [3.05, 3.63) is 16.9 Å². The molecule has 0 fully saturated rings. The van der Waals surface area contributed by atoms with Crippen LogP contribution in [-0.2, 0) is 9.84 Å². The van der Waals surface area contributed by atoms with Crippen molar-refractivity contribution in [3.63, 3.8) is 0 Å². The van der Waals surface area contributed by atoms with Crippen LogP contribution in [0, 0.1) is 0 Å². The third-order valence-electron chi connectivity index (χ3n) is 2.61. The van der Waals surface area contributed by atoms with Crippen LogP contribution in [0.2, 0.25) is 5.02 Å². The molecule has 0 saturated carbocycles. The van der Waals surface area contributed by atoms with E-state index in [9.17, 15) is 13.2 Å². The quantitative estimate of drug-likeness (QED) is 0.793. The monoisotopic (exact) mass is 307 g/mol. The van der Waals surface area contributed by atoms with Gasteiger partial charge in [0, 0.05) is 12.3 Å². The van der Waals surface area contributed by atoms with Gasteiger partial charge >= 0.3 is 0 Å². The van der Waals surface area contributed by atoms with Gasteiger partial charge in [0.15, 0.2) is 5.78 Å². The van der Waals surface area contributed by atoms with Gasteiger partial charge < -0.3 is 5.73 Å². The molecule has 0 radical (unpaired) electrons. The molecule has 0 aliphatic rings. The van der Waals surface area contributed by atoms with Gasteiger partial charge in [0.1, 0.15) is 15.5 Å². The Bertz CT molecular complexity index is 566. The summed E-state index contributed by atoms with van der Waals surface area (Å²) in [6.07, 6.45) is 2.56. The Balaban J connectivity index is 2.91. The summed E-state index contributed by atoms with van der Waals surface area (Å²) in [6, 6.07) is -0.935. The summed E-state index contributed by atoms with van der Waals surface area (Å²) in [4.78, 5) is 12.2. The first kappa shape index (κ1) is 16.1. The molecule has 8 heteroatoms. The normalized spacial score (nSPS) is 13.8. The number of hydrogen-bond donors (Lipinski definition) is 1. The molecule has 2 N–H and O–H groups in total. The molecule has 1 unspecified atom stereocenters. The summed E-state index contributed by atoms with van der Waals surface area (Å²) >= 11 is 5.94. The van der Waals surface area contributed by atoms with E-state index in [1.54, 1.807) is 0 Å². The van der Waals surface area contributed by atoms with Crippen molar-refractivity contribution in [1.29, 1.82) is 0 Å². The number of hydrogen-bond acceptors (Lipinski definition) is 5. The number of rotatable bonds is 6. The van der Waals surface area contributed by atoms with Crippen LogP contribution in [0.5, 0.6) is 0 Å². The standard InChI is InChI=1S/C11H18ClN3O3S/c1-7(2)15-10(8(12)6-14-15)11(16)9(13)4-5-19(3,17)18/h6-7,9H,4-5,13H2,1-3H3. The van der Waals surface area contributed by atoms with Gasteiger partial charge in [-0.25, -0.2) is 8.42 Å². The number of nitrogens with two attached hydrogens (primary N) is 1. The van der Waals surface area contributed by atoms with Crippen molar-refractivity contribution in [1.82, 2.24) is 9.78 Å². The maximum atomic E-state index is 12.2. The number of aromatic nitrogens is 2. The number of carbonyl (C=O) groups is 1. The van der Waals surface area contributed by atoms with E-state index < -0.39 is 15.9 Å². The molecule has 19 heavy (non-hydrogen) atoms. The molecular weight excluding hydrogens is 290 g/mol. The topological polar surface area (TPSA) is 95.0 Å². The predicted molar refractivity (Wildman–Crippen MR) is 74.3 cm³/mol. The molecule has 108 valence electrons. The molecule has 0 spiro atoms. The van der Waals surface area contributed by atoms with E-state index in [2.05, 4.69) is 5.10 Å². The second kappa shape index (κ2) is 6.02. The minimum atomic E-state index is -3.15. The van der Waals surface area contributed by atoms with Crippen LogP contribution in [0.15, 0.2) is 6.20 Å². The average Bonchev–Trinajstić information content (AvgIpc) is 2.66. The Labute approximate surface area is 117 Å². The zero-order valence-electron chi connectivity index (χ0n) is 11.1. The van der Waals surface area contributed by atoms with Gasteiger partial charge in [0.25, 0.3) is 0 Å². The maximum Gasteiger partial charge on any atom is 0.199 e. The van der Waals surface area contributed by atoms with Crippen LogP contribution >= 0.6 is 11.6 Å². The van der Waals surface area contributed by atoms with Crippen LogP contribution in [-0.4, -0.2) is 42.0 Å². The number of nitrogens with zero attached hydrogens (tertiary/aromatic N) is 2. The number of sulfone groups is 1. The molecule has 1 heterocycles. The van der Waals surface area contributed by atoms with E-state index in [1.807, 2.05) is 13.8 Å². The van der Waals surface area contributed by atoms with Gasteiger partial charge in [0.05, 0.1) is 23.0 Å². The van der Waals surface area contributed by atoms with Gasteiger partial charge in [0.2, 0.25) is 0 Å². The van der Waals surface area contributed by atoms with Crippen molar-refractivity contribution in [3.8, 4) is 0 Å². The lowest BCUT2D eigenvalue weighted by Gasteiger charge is -2.14. The smallest absolute Gasteiger partial charge is 0.199 e. The van der Waals surface area contributed by atoms with Crippen molar-refractivity contribution < 1.29 is 13.2 Å². The minimum absolute atomic E-state index is 0.0337. The van der Waals surface area contributed by atoms with E-state index in [1.165, 1.54) is 10.9 Å². The average molecular weight is 308 g/mol. The first-order valence-corrected chi connectivity index (χ1v) is 8.28. The zero-order chi connectivity index (χ0) is 14.8. The van der Waals surface area contributed by atoms with E-state index >= 15 is 0 Å². The highest BCUT2D eigenvalue weighted by Gasteiger charge is 2.25. The zero-order valence-corrected chi connectivity index (χ0v) is 12.7. The van der Waals surface area contributed by atoms with E-state index in [0.29, 0.717) is 0 Å². The van der Waals surface area contributed by atoms with Gasteiger partial charge in [-0.1, -0.05) is 11.6 Å². The second-order valence-electron chi connectivity index (χ2n) is 4.77. The Kier molecular flexibility index (Phi) is 5.11. The minimum Gasteiger partial charge on any atom is -0.321 e. The lowest BCUT2D eigenvalue weighted by atomic mass is 10.1. The molecule has 0 bridgehead atoms. The summed E-state index contributed by atoms with van der Waals surface area (Å²) in [7, 11) is -3.15. The molecule has 6 nitrogen and oxygen atoms in total. The van der Waals surface area contributed by atoms with Crippen LogP contribution < -0.4 is 5.73 Å². The van der Waals surface area contributed by atoms with E-state index in [0.717, 1.165) is 6.26 Å². The van der Waals surface area contributed by atoms with Crippen LogP contribution in [0.25, 0.3) is 0 Å². The third-order valence-corrected chi connectivity index (χ3v) is 3.86. The molecule has 1 aromatic rings. The van der Waals surface area contributed by atoms with Crippen LogP contribution in [0.3, 0.4) is 0 Å². The molecule has 1 rings (SSSR count). The van der Waals surface area contributed by atoms with Gasteiger partial charge in [-0.3, -0.25) is 9.48 Å². The summed E-state index contributed by atoms with van der Waals surface area (Å²) in [5.41, 5.74) is 5.97. The fourth-order valence-corrected chi connectivity index (χ4v) is 2.52. The van der Waals surface area contributed by atoms with Crippen molar-refractivity contribution in [2.45, 2.75) is 32.4 Å².